The van der Waals surface area contributed by atoms with E-state index in [0.717, 1.165) is 48.9 Å². The van der Waals surface area contributed by atoms with Crippen molar-refractivity contribution in [3.8, 4) is 10.7 Å². The molecule has 3 heterocycles. The van der Waals surface area contributed by atoms with E-state index in [4.69, 9.17) is 0 Å². The van der Waals surface area contributed by atoms with Crippen molar-refractivity contribution in [3.63, 3.8) is 0 Å². The van der Waals surface area contributed by atoms with Crippen molar-refractivity contribution in [1.82, 2.24) is 20.2 Å². The van der Waals surface area contributed by atoms with Crippen molar-refractivity contribution in [2.24, 2.45) is 0 Å². The van der Waals surface area contributed by atoms with Crippen LogP contribution < -0.4 is 5.32 Å². The van der Waals surface area contributed by atoms with E-state index in [1.54, 1.807) is 6.20 Å². The van der Waals surface area contributed by atoms with E-state index in [9.17, 15) is 4.79 Å². The molecule has 4 rings (SSSR count). The lowest BCUT2D eigenvalue weighted by Crippen LogP contribution is -2.44. The quantitative estimate of drug-likeness (QED) is 0.715. The molecule has 6 heteroatoms. The van der Waals surface area contributed by atoms with Gasteiger partial charge in [0.1, 0.15) is 9.88 Å². The standard InChI is InChI=1S/C22H24N4OS/c1-16-20(28-22(24-16)19-9-5-6-12-23-19)21(27)25-18-10-13-26(14-11-18)15-17-7-3-2-4-8-17/h2-9,12,18H,10-11,13-15H2,1H3,(H,25,27). The Bertz CT molecular complexity index is 918. The number of likely N-dealkylation sites (tertiary alicyclic amines) is 1. The summed E-state index contributed by atoms with van der Waals surface area (Å²) in [4.78, 5) is 24.8. The second-order valence-electron chi connectivity index (χ2n) is 7.16. The first-order valence-electron chi connectivity index (χ1n) is 9.65. The summed E-state index contributed by atoms with van der Waals surface area (Å²) < 4.78 is 0. The van der Waals surface area contributed by atoms with Gasteiger partial charge in [0, 0.05) is 31.9 Å². The van der Waals surface area contributed by atoms with Crippen molar-refractivity contribution < 1.29 is 4.79 Å². The fourth-order valence-electron chi connectivity index (χ4n) is 3.53. The Morgan fingerprint density at radius 3 is 2.61 bits per heavy atom. The molecule has 1 aliphatic rings. The van der Waals surface area contributed by atoms with Crippen LogP contribution in [-0.2, 0) is 6.54 Å². The molecular weight excluding hydrogens is 368 g/mol. The van der Waals surface area contributed by atoms with Crippen LogP contribution in [0.4, 0.5) is 0 Å². The number of carbonyl (C=O) groups excluding carboxylic acids is 1. The lowest BCUT2D eigenvalue weighted by molar-refractivity contribution is 0.0912. The third-order valence-corrected chi connectivity index (χ3v) is 6.24. The van der Waals surface area contributed by atoms with Crippen LogP contribution in [0, 0.1) is 6.92 Å². The summed E-state index contributed by atoms with van der Waals surface area (Å²) in [6.45, 7) is 4.87. The molecule has 1 N–H and O–H groups in total. The molecule has 1 saturated heterocycles. The van der Waals surface area contributed by atoms with Crippen LogP contribution in [0.3, 0.4) is 0 Å². The van der Waals surface area contributed by atoms with Crippen molar-refractivity contribution in [2.75, 3.05) is 13.1 Å². The normalized spacial score (nSPS) is 15.5. The molecule has 1 aliphatic heterocycles. The minimum absolute atomic E-state index is 0.0151. The summed E-state index contributed by atoms with van der Waals surface area (Å²) in [5.41, 5.74) is 2.92. The summed E-state index contributed by atoms with van der Waals surface area (Å²) in [6, 6.07) is 16.5. The van der Waals surface area contributed by atoms with E-state index < -0.39 is 0 Å². The van der Waals surface area contributed by atoms with Crippen molar-refractivity contribution in [3.05, 3.63) is 70.9 Å². The third kappa shape index (κ3) is 4.46. The van der Waals surface area contributed by atoms with Crippen molar-refractivity contribution >= 4 is 17.2 Å². The minimum atomic E-state index is -0.0151. The zero-order valence-corrected chi connectivity index (χ0v) is 16.8. The highest BCUT2D eigenvalue weighted by molar-refractivity contribution is 7.17. The Morgan fingerprint density at radius 2 is 1.89 bits per heavy atom. The topological polar surface area (TPSA) is 58.1 Å². The van der Waals surface area contributed by atoms with E-state index in [-0.39, 0.29) is 11.9 Å². The van der Waals surface area contributed by atoms with Gasteiger partial charge in [0.2, 0.25) is 0 Å². The van der Waals surface area contributed by atoms with Gasteiger partial charge in [-0.05, 0) is 37.5 Å². The molecule has 0 bridgehead atoms. The summed E-state index contributed by atoms with van der Waals surface area (Å²) in [7, 11) is 0. The van der Waals surface area contributed by atoms with Gasteiger partial charge in [0.05, 0.1) is 11.4 Å². The van der Waals surface area contributed by atoms with E-state index in [0.29, 0.717) is 4.88 Å². The fraction of sp³-hybridized carbons (Fsp3) is 0.318. The zero-order chi connectivity index (χ0) is 19.3. The Morgan fingerprint density at radius 1 is 1.14 bits per heavy atom. The highest BCUT2D eigenvalue weighted by atomic mass is 32.1. The summed E-state index contributed by atoms with van der Waals surface area (Å²) in [5.74, 6) is -0.0151. The number of carbonyl (C=O) groups is 1. The number of amides is 1. The third-order valence-electron chi connectivity index (χ3n) is 5.06. The monoisotopic (exact) mass is 392 g/mol. The fourth-order valence-corrected chi connectivity index (χ4v) is 4.48. The highest BCUT2D eigenvalue weighted by Crippen LogP contribution is 2.26. The minimum Gasteiger partial charge on any atom is -0.348 e. The molecule has 144 valence electrons. The van der Waals surface area contributed by atoms with Crippen LogP contribution in [0.1, 0.15) is 33.8 Å². The van der Waals surface area contributed by atoms with Gasteiger partial charge < -0.3 is 5.32 Å². The molecule has 1 amide bonds. The number of piperidine rings is 1. The molecule has 5 nitrogen and oxygen atoms in total. The molecule has 0 radical (unpaired) electrons. The SMILES string of the molecule is Cc1nc(-c2ccccn2)sc1C(=O)NC1CCN(Cc2ccccc2)CC1. The number of aryl methyl sites for hydroxylation is 1. The molecule has 28 heavy (non-hydrogen) atoms. The maximum Gasteiger partial charge on any atom is 0.263 e. The first-order valence-corrected chi connectivity index (χ1v) is 10.5. The van der Waals surface area contributed by atoms with E-state index in [2.05, 4.69) is 44.5 Å². The van der Waals surface area contributed by atoms with Crippen LogP contribution in [0.2, 0.25) is 0 Å². The molecule has 0 unspecified atom stereocenters. The first kappa shape index (κ1) is 18.8. The number of hydrogen-bond acceptors (Lipinski definition) is 5. The van der Waals surface area contributed by atoms with Gasteiger partial charge in [-0.25, -0.2) is 4.98 Å². The van der Waals surface area contributed by atoms with Crippen LogP contribution in [-0.4, -0.2) is 39.9 Å². The number of rotatable bonds is 5. The lowest BCUT2D eigenvalue weighted by atomic mass is 10.0. The van der Waals surface area contributed by atoms with Gasteiger partial charge in [-0.15, -0.1) is 11.3 Å². The number of nitrogens with zero attached hydrogens (tertiary/aromatic N) is 3. The number of nitrogens with one attached hydrogen (secondary N) is 1. The van der Waals surface area contributed by atoms with E-state index in [1.807, 2.05) is 31.2 Å². The second-order valence-corrected chi connectivity index (χ2v) is 8.16. The Balaban J connectivity index is 1.33. The molecule has 0 aliphatic carbocycles. The van der Waals surface area contributed by atoms with Crippen molar-refractivity contribution in [2.45, 2.75) is 32.4 Å². The first-order chi connectivity index (χ1) is 13.7. The second kappa shape index (κ2) is 8.63. The smallest absolute Gasteiger partial charge is 0.263 e. The highest BCUT2D eigenvalue weighted by Gasteiger charge is 2.23. The van der Waals surface area contributed by atoms with Gasteiger partial charge in [-0.1, -0.05) is 36.4 Å². The summed E-state index contributed by atoms with van der Waals surface area (Å²) in [5, 5.41) is 4.00. The summed E-state index contributed by atoms with van der Waals surface area (Å²) >= 11 is 1.42. The predicted molar refractivity (Wildman–Crippen MR) is 112 cm³/mol. The summed E-state index contributed by atoms with van der Waals surface area (Å²) in [6.07, 6.45) is 3.70. The van der Waals surface area contributed by atoms with Crippen LogP contribution >= 0.6 is 11.3 Å². The lowest BCUT2D eigenvalue weighted by Gasteiger charge is -2.32. The maximum absolute atomic E-state index is 12.8. The van der Waals surface area contributed by atoms with Gasteiger partial charge >= 0.3 is 0 Å². The average molecular weight is 393 g/mol. The van der Waals surface area contributed by atoms with Crippen LogP contribution in [0.25, 0.3) is 10.7 Å². The maximum atomic E-state index is 12.8. The molecule has 2 aromatic heterocycles. The van der Waals surface area contributed by atoms with E-state index >= 15 is 0 Å². The molecule has 0 atom stereocenters. The number of aromatic nitrogens is 2. The molecule has 1 aromatic carbocycles. The van der Waals surface area contributed by atoms with Gasteiger partial charge in [0.25, 0.3) is 5.91 Å². The van der Waals surface area contributed by atoms with Crippen LogP contribution in [0.15, 0.2) is 54.7 Å². The molecular formula is C22H24N4OS. The Labute approximate surface area is 169 Å². The number of hydrogen-bond donors (Lipinski definition) is 1. The number of benzene rings is 1. The largest absolute Gasteiger partial charge is 0.348 e. The molecule has 1 fully saturated rings. The average Bonchev–Trinajstić information content (AvgIpc) is 3.13. The van der Waals surface area contributed by atoms with Gasteiger partial charge in [-0.2, -0.15) is 0 Å². The van der Waals surface area contributed by atoms with Gasteiger partial charge in [0.15, 0.2) is 0 Å². The number of pyridine rings is 1. The van der Waals surface area contributed by atoms with Crippen molar-refractivity contribution in [1.29, 1.82) is 0 Å². The zero-order valence-electron chi connectivity index (χ0n) is 16.0. The molecule has 0 spiro atoms. The molecule has 0 saturated carbocycles. The Hall–Kier alpha value is -2.57. The van der Waals surface area contributed by atoms with Crippen LogP contribution in [0.5, 0.6) is 0 Å². The molecule has 3 aromatic rings. The predicted octanol–water partition coefficient (Wildman–Crippen LogP) is 3.91. The number of thiazole rings is 1. The van der Waals surface area contributed by atoms with E-state index in [1.165, 1.54) is 16.9 Å². The Kier molecular flexibility index (Phi) is 5.78. The van der Waals surface area contributed by atoms with Gasteiger partial charge in [-0.3, -0.25) is 14.7 Å².